The first-order valence-electron chi connectivity index (χ1n) is 9.25. The Kier molecular flexibility index (Phi) is 8.82. The molecule has 1 N–H and O–H groups in total. The second kappa shape index (κ2) is 10.8. The molecule has 1 aliphatic rings. The van der Waals surface area contributed by atoms with E-state index in [1.807, 2.05) is 30.4 Å². The average Bonchev–Trinajstić information content (AvgIpc) is 3.26. The van der Waals surface area contributed by atoms with Crippen molar-refractivity contribution in [3.63, 3.8) is 0 Å². The highest BCUT2D eigenvalue weighted by Crippen LogP contribution is 2.27. The van der Waals surface area contributed by atoms with Gasteiger partial charge in [0.1, 0.15) is 10.8 Å². The lowest BCUT2D eigenvalue weighted by Crippen LogP contribution is -2.39. The van der Waals surface area contributed by atoms with E-state index < -0.39 is 0 Å². The van der Waals surface area contributed by atoms with Crippen LogP contribution in [0.2, 0.25) is 0 Å². The molecule has 2 heterocycles. The highest BCUT2D eigenvalue weighted by Gasteiger charge is 2.17. The lowest BCUT2D eigenvalue weighted by atomic mass is 10.0. The molecule has 0 aliphatic heterocycles. The molecule has 148 valence electrons. The minimum absolute atomic E-state index is 0. The third-order valence-corrected chi connectivity index (χ3v) is 5.50. The van der Waals surface area contributed by atoms with Gasteiger partial charge in [0.2, 0.25) is 0 Å². The molecule has 5 nitrogen and oxygen atoms in total. The molecule has 2 aromatic heterocycles. The summed E-state index contributed by atoms with van der Waals surface area (Å²) in [4.78, 5) is 13.2. The quantitative estimate of drug-likeness (QED) is 0.265. The zero-order valence-electron chi connectivity index (χ0n) is 16.2. The number of hydrogen-bond acceptors (Lipinski definition) is 4. The Bertz CT molecular complexity index is 731. The van der Waals surface area contributed by atoms with Crippen LogP contribution in [0.5, 0.6) is 0 Å². The van der Waals surface area contributed by atoms with Crippen molar-refractivity contribution >= 4 is 41.3 Å². The molecule has 0 fully saturated rings. The first-order valence-corrected chi connectivity index (χ1v) is 10.1. The number of nitrogens with zero attached hydrogens (tertiary/aromatic N) is 3. The van der Waals surface area contributed by atoms with Gasteiger partial charge in [-0.2, -0.15) is 0 Å². The summed E-state index contributed by atoms with van der Waals surface area (Å²) in [7, 11) is 2.07. The van der Waals surface area contributed by atoms with Gasteiger partial charge >= 0.3 is 0 Å². The van der Waals surface area contributed by atoms with Crippen molar-refractivity contribution in [1.82, 2.24) is 15.2 Å². The van der Waals surface area contributed by atoms with Crippen LogP contribution in [0.25, 0.3) is 0 Å². The van der Waals surface area contributed by atoms with Crippen molar-refractivity contribution < 1.29 is 4.42 Å². The van der Waals surface area contributed by atoms with Crippen LogP contribution >= 0.6 is 35.3 Å². The summed E-state index contributed by atoms with van der Waals surface area (Å²) in [6, 6.07) is 3.91. The van der Waals surface area contributed by atoms with Crippen molar-refractivity contribution in [2.24, 2.45) is 4.99 Å². The number of rotatable bonds is 7. The van der Waals surface area contributed by atoms with Crippen molar-refractivity contribution in [2.75, 3.05) is 20.1 Å². The van der Waals surface area contributed by atoms with Gasteiger partial charge in [-0.25, -0.2) is 9.98 Å². The van der Waals surface area contributed by atoms with Crippen LogP contribution in [-0.2, 0) is 25.8 Å². The van der Waals surface area contributed by atoms with E-state index in [1.165, 1.54) is 34.8 Å². The van der Waals surface area contributed by atoms with Crippen molar-refractivity contribution in [2.45, 2.75) is 45.6 Å². The van der Waals surface area contributed by atoms with Crippen LogP contribution in [-0.4, -0.2) is 36.0 Å². The molecule has 0 spiro atoms. The Morgan fingerprint density at radius 3 is 2.93 bits per heavy atom. The number of thiazole rings is 1. The zero-order chi connectivity index (χ0) is 18.4. The summed E-state index contributed by atoms with van der Waals surface area (Å²) >= 11 is 1.86. The summed E-state index contributed by atoms with van der Waals surface area (Å²) in [6.45, 7) is 8.14. The summed E-state index contributed by atoms with van der Waals surface area (Å²) in [5, 5.41) is 4.62. The van der Waals surface area contributed by atoms with E-state index in [2.05, 4.69) is 23.8 Å². The Morgan fingerprint density at radius 1 is 1.41 bits per heavy atom. The Balaban J connectivity index is 0.00000261. The van der Waals surface area contributed by atoms with Crippen molar-refractivity contribution in [3.05, 3.63) is 51.9 Å². The maximum atomic E-state index is 5.40. The molecule has 0 aromatic carbocycles. The molecule has 0 saturated heterocycles. The number of guanidine groups is 1. The van der Waals surface area contributed by atoms with Crippen molar-refractivity contribution in [1.29, 1.82) is 0 Å². The van der Waals surface area contributed by atoms with E-state index >= 15 is 0 Å². The normalized spacial score (nSPS) is 13.6. The van der Waals surface area contributed by atoms with Crippen LogP contribution in [0.15, 0.2) is 40.0 Å². The third-order valence-electron chi connectivity index (χ3n) is 4.36. The molecule has 0 amide bonds. The monoisotopic (exact) mass is 500 g/mol. The number of hydrogen-bond donors (Lipinski definition) is 1. The molecule has 1 aliphatic carbocycles. The van der Waals surface area contributed by atoms with Crippen LogP contribution in [0.4, 0.5) is 0 Å². The maximum absolute atomic E-state index is 5.40. The fraction of sp³-hybridized carbons (Fsp3) is 0.500. The summed E-state index contributed by atoms with van der Waals surface area (Å²) in [5.41, 5.74) is 2.37. The van der Waals surface area contributed by atoms with E-state index in [4.69, 9.17) is 14.4 Å². The van der Waals surface area contributed by atoms with Gasteiger partial charge in [-0.3, -0.25) is 0 Å². The van der Waals surface area contributed by atoms with E-state index in [0.29, 0.717) is 6.54 Å². The van der Waals surface area contributed by atoms with Gasteiger partial charge in [0.15, 0.2) is 5.96 Å². The molecule has 0 bridgehead atoms. The number of halogens is 1. The van der Waals surface area contributed by atoms with Crippen LogP contribution in [0.3, 0.4) is 0 Å². The fourth-order valence-corrected chi connectivity index (χ4v) is 4.23. The average molecular weight is 500 g/mol. The maximum Gasteiger partial charge on any atom is 0.194 e. The molecule has 0 atom stereocenters. The highest BCUT2D eigenvalue weighted by atomic mass is 127. The number of aliphatic imine (C=N–C) groups is 1. The smallest absolute Gasteiger partial charge is 0.194 e. The number of furan rings is 1. The minimum Gasteiger partial charge on any atom is -0.469 e. The first kappa shape index (κ1) is 21.9. The number of nitrogens with one attached hydrogen (secondary N) is 1. The number of aromatic nitrogens is 1. The molecule has 2 aromatic rings. The molecular weight excluding hydrogens is 471 g/mol. The summed E-state index contributed by atoms with van der Waals surface area (Å²) in [6.07, 6.45) is 7.43. The minimum atomic E-state index is 0. The Morgan fingerprint density at radius 2 is 2.22 bits per heavy atom. The molecule has 0 unspecified atom stereocenters. The second-order valence-electron chi connectivity index (χ2n) is 6.89. The van der Waals surface area contributed by atoms with E-state index in [9.17, 15) is 0 Å². The predicted octanol–water partition coefficient (Wildman–Crippen LogP) is 4.43. The number of aryl methyl sites for hydroxylation is 2. The molecule has 27 heavy (non-hydrogen) atoms. The SMILES string of the molecule is C=C(C)CN=C(NCCc1ccco1)N(C)Cc1nc2c(s1)CCCC2.I. The third kappa shape index (κ3) is 6.64. The number of fused-ring (bicyclic) bond motifs is 1. The summed E-state index contributed by atoms with van der Waals surface area (Å²) < 4.78 is 5.40. The van der Waals surface area contributed by atoms with E-state index in [0.717, 1.165) is 43.2 Å². The lowest BCUT2D eigenvalue weighted by Gasteiger charge is -2.21. The Labute approximate surface area is 183 Å². The molecule has 0 radical (unpaired) electrons. The van der Waals surface area contributed by atoms with Gasteiger partial charge in [0.05, 0.1) is 25.0 Å². The summed E-state index contributed by atoms with van der Waals surface area (Å²) in [5.74, 6) is 1.86. The van der Waals surface area contributed by atoms with Gasteiger partial charge in [-0.15, -0.1) is 35.3 Å². The fourth-order valence-electron chi connectivity index (χ4n) is 3.02. The predicted molar refractivity (Wildman–Crippen MR) is 123 cm³/mol. The van der Waals surface area contributed by atoms with Crippen molar-refractivity contribution in [3.8, 4) is 0 Å². The molecule has 0 saturated carbocycles. The molecule has 3 rings (SSSR count). The topological polar surface area (TPSA) is 53.7 Å². The molecular formula is C20H29IN4OS. The van der Waals surface area contributed by atoms with Gasteiger partial charge in [0, 0.05) is 24.9 Å². The van der Waals surface area contributed by atoms with Crippen LogP contribution in [0, 0.1) is 0 Å². The Hall–Kier alpha value is -1.35. The largest absolute Gasteiger partial charge is 0.469 e. The van der Waals surface area contributed by atoms with Gasteiger partial charge in [-0.05, 0) is 44.7 Å². The van der Waals surface area contributed by atoms with Crippen LogP contribution < -0.4 is 5.32 Å². The lowest BCUT2D eigenvalue weighted by molar-refractivity contribution is 0.467. The highest BCUT2D eigenvalue weighted by molar-refractivity contribution is 14.0. The van der Waals surface area contributed by atoms with Gasteiger partial charge in [0.25, 0.3) is 0 Å². The van der Waals surface area contributed by atoms with Gasteiger partial charge < -0.3 is 14.6 Å². The van der Waals surface area contributed by atoms with Gasteiger partial charge in [-0.1, -0.05) is 12.2 Å². The van der Waals surface area contributed by atoms with Crippen LogP contribution in [0.1, 0.15) is 41.1 Å². The first-order chi connectivity index (χ1) is 12.6. The second-order valence-corrected chi connectivity index (χ2v) is 8.06. The standard InChI is InChI=1S/C20H28N4OS.HI/c1-15(2)13-22-20(21-11-10-16-7-6-12-25-16)24(3)14-19-23-17-8-4-5-9-18(17)26-19;/h6-7,12H,1,4-5,8-11,13-14H2,2-3H3,(H,21,22);1H. The molecule has 7 heteroatoms. The zero-order valence-corrected chi connectivity index (χ0v) is 19.3. The van der Waals surface area contributed by atoms with E-state index in [1.54, 1.807) is 6.26 Å². The van der Waals surface area contributed by atoms with E-state index in [-0.39, 0.29) is 24.0 Å².